The summed E-state index contributed by atoms with van der Waals surface area (Å²) < 4.78 is 11.0. The number of methoxy groups -OCH3 is 1. The van der Waals surface area contributed by atoms with Gasteiger partial charge in [0.2, 0.25) is 0 Å². The van der Waals surface area contributed by atoms with Gasteiger partial charge in [-0.1, -0.05) is 6.07 Å². The molecule has 0 bridgehead atoms. The van der Waals surface area contributed by atoms with E-state index in [0.29, 0.717) is 35.4 Å². The summed E-state index contributed by atoms with van der Waals surface area (Å²) in [6, 6.07) is 7.65. The van der Waals surface area contributed by atoms with Gasteiger partial charge in [0.1, 0.15) is 17.3 Å². The number of rotatable bonds is 9. The summed E-state index contributed by atoms with van der Waals surface area (Å²) in [6.45, 7) is 7.01. The smallest absolute Gasteiger partial charge is 0.349 e. The molecule has 7 nitrogen and oxygen atoms in total. The van der Waals surface area contributed by atoms with Crippen LogP contribution in [0.15, 0.2) is 30.5 Å². The van der Waals surface area contributed by atoms with Crippen LogP contribution in [0.4, 0.5) is 5.82 Å². The molecule has 158 valence electrons. The van der Waals surface area contributed by atoms with E-state index in [0.717, 1.165) is 29.1 Å². The molecule has 0 aliphatic carbocycles. The van der Waals surface area contributed by atoms with Crippen molar-refractivity contribution in [1.29, 1.82) is 0 Å². The Kier molecular flexibility index (Phi) is 6.89. The van der Waals surface area contributed by atoms with Crippen LogP contribution in [0.3, 0.4) is 0 Å². The molecule has 3 rings (SSSR count). The minimum atomic E-state index is -1.02. The van der Waals surface area contributed by atoms with E-state index in [2.05, 4.69) is 35.2 Å². The molecule has 0 spiro atoms. The summed E-state index contributed by atoms with van der Waals surface area (Å²) in [5.74, 6) is 1.34. The fourth-order valence-electron chi connectivity index (χ4n) is 3.25. The quantitative estimate of drug-likeness (QED) is 0.516. The molecule has 8 heteroatoms. The minimum absolute atomic E-state index is 0.149. The maximum atomic E-state index is 11.5. The molecule has 3 aromatic rings. The molecule has 0 saturated carbocycles. The average molecular weight is 428 g/mol. The molecular formula is C22H25N3O4S. The van der Waals surface area contributed by atoms with Crippen LogP contribution in [0, 0.1) is 13.8 Å². The summed E-state index contributed by atoms with van der Waals surface area (Å²) in [4.78, 5) is 21.1. The Hall–Kier alpha value is -3.13. The fourth-order valence-corrected chi connectivity index (χ4v) is 4.13. The zero-order chi connectivity index (χ0) is 21.7. The van der Waals surface area contributed by atoms with Crippen LogP contribution in [0.1, 0.15) is 33.3 Å². The topological polar surface area (TPSA) is 93.6 Å². The number of carboxylic acid groups (broad SMARTS) is 1. The van der Waals surface area contributed by atoms with Gasteiger partial charge >= 0.3 is 5.97 Å². The second-order valence-corrected chi connectivity index (χ2v) is 7.80. The first kappa shape index (κ1) is 21.6. The maximum Gasteiger partial charge on any atom is 0.349 e. The van der Waals surface area contributed by atoms with Crippen molar-refractivity contribution in [3.8, 4) is 22.2 Å². The van der Waals surface area contributed by atoms with Crippen LogP contribution in [-0.4, -0.2) is 41.3 Å². The van der Waals surface area contributed by atoms with Gasteiger partial charge in [0.05, 0.1) is 18.6 Å². The Morgan fingerprint density at radius 1 is 1.23 bits per heavy atom. The van der Waals surface area contributed by atoms with Gasteiger partial charge in [0.15, 0.2) is 10.7 Å². The third-order valence-electron chi connectivity index (χ3n) is 4.55. The lowest BCUT2D eigenvalue weighted by Gasteiger charge is -2.14. The van der Waals surface area contributed by atoms with Gasteiger partial charge in [-0.15, -0.1) is 11.3 Å². The summed E-state index contributed by atoms with van der Waals surface area (Å²) in [6.07, 6.45) is 2.44. The number of nitrogens with one attached hydrogen (secondary N) is 1. The molecule has 0 unspecified atom stereocenters. The fraction of sp³-hybridized carbons (Fsp3) is 0.318. The van der Waals surface area contributed by atoms with E-state index in [4.69, 9.17) is 9.47 Å². The largest absolute Gasteiger partial charge is 0.496 e. The zero-order valence-corrected chi connectivity index (χ0v) is 18.3. The van der Waals surface area contributed by atoms with Gasteiger partial charge in [-0.05, 0) is 56.0 Å². The number of aryl methyl sites for hydroxylation is 2. The number of hydrogen-bond acceptors (Lipinski definition) is 7. The lowest BCUT2D eigenvalue weighted by Crippen LogP contribution is -2.09. The molecule has 0 amide bonds. The number of thiophene rings is 1. The predicted molar refractivity (Wildman–Crippen MR) is 118 cm³/mol. The lowest BCUT2D eigenvalue weighted by molar-refractivity contribution is 0.0698. The SMILES string of the molecule is CCOc1cc(-c2nccc(NCCc3c(C)cc(C)cc3OC)n2)sc1C(=O)O. The zero-order valence-electron chi connectivity index (χ0n) is 17.5. The molecule has 0 aliphatic rings. The number of anilines is 1. The van der Waals surface area contributed by atoms with Crippen molar-refractivity contribution in [3.63, 3.8) is 0 Å². The highest BCUT2D eigenvalue weighted by molar-refractivity contribution is 7.17. The van der Waals surface area contributed by atoms with Crippen molar-refractivity contribution in [2.24, 2.45) is 0 Å². The molecular weight excluding hydrogens is 402 g/mol. The molecule has 2 N–H and O–H groups in total. The predicted octanol–water partition coefficient (Wildman–Crippen LogP) is 4.58. The Morgan fingerprint density at radius 2 is 2.03 bits per heavy atom. The van der Waals surface area contributed by atoms with E-state index >= 15 is 0 Å². The number of benzene rings is 1. The molecule has 30 heavy (non-hydrogen) atoms. The van der Waals surface area contributed by atoms with Gasteiger partial charge in [-0.3, -0.25) is 0 Å². The maximum absolute atomic E-state index is 11.5. The van der Waals surface area contributed by atoms with Gasteiger partial charge in [-0.2, -0.15) is 0 Å². The average Bonchev–Trinajstić information content (AvgIpc) is 3.14. The first-order valence-electron chi connectivity index (χ1n) is 9.64. The first-order valence-corrected chi connectivity index (χ1v) is 10.5. The monoisotopic (exact) mass is 427 g/mol. The van der Waals surface area contributed by atoms with Gasteiger partial charge in [0.25, 0.3) is 0 Å². The number of carbonyl (C=O) groups is 1. The van der Waals surface area contributed by atoms with Crippen LogP contribution in [0.25, 0.3) is 10.7 Å². The molecule has 2 heterocycles. The van der Waals surface area contributed by atoms with Crippen LogP contribution >= 0.6 is 11.3 Å². The van der Waals surface area contributed by atoms with E-state index in [-0.39, 0.29) is 4.88 Å². The molecule has 0 fully saturated rings. The van der Waals surface area contributed by atoms with E-state index < -0.39 is 5.97 Å². The number of hydrogen-bond donors (Lipinski definition) is 2. The van der Waals surface area contributed by atoms with Gasteiger partial charge < -0.3 is 19.9 Å². The number of carboxylic acids is 1. The summed E-state index contributed by atoms with van der Waals surface area (Å²) in [5, 5.41) is 12.7. The Bertz CT molecular complexity index is 1050. The molecule has 2 aromatic heterocycles. The standard InChI is InChI=1S/C22H25N3O4S/c1-5-29-17-12-18(30-20(17)22(26)27)21-24-9-7-19(25-21)23-8-6-15-14(3)10-13(2)11-16(15)28-4/h7,9-12H,5-6,8H2,1-4H3,(H,26,27)(H,23,24,25). The van der Waals surface area contributed by atoms with Crippen LogP contribution in [0.5, 0.6) is 11.5 Å². The third-order valence-corrected chi connectivity index (χ3v) is 5.65. The second-order valence-electron chi connectivity index (χ2n) is 6.75. The lowest BCUT2D eigenvalue weighted by atomic mass is 10.0. The van der Waals surface area contributed by atoms with Gasteiger partial charge in [-0.25, -0.2) is 14.8 Å². The van der Waals surface area contributed by atoms with E-state index in [1.54, 1.807) is 25.4 Å². The van der Waals surface area contributed by atoms with E-state index in [1.807, 2.05) is 13.0 Å². The molecule has 0 atom stereocenters. The van der Waals surface area contributed by atoms with Crippen molar-refractivity contribution in [1.82, 2.24) is 9.97 Å². The number of aromatic nitrogens is 2. The Morgan fingerprint density at radius 3 is 2.73 bits per heavy atom. The molecule has 0 radical (unpaired) electrons. The third kappa shape index (κ3) is 4.88. The van der Waals surface area contributed by atoms with Crippen molar-refractivity contribution in [3.05, 3.63) is 52.0 Å². The Balaban J connectivity index is 1.74. The van der Waals surface area contributed by atoms with Crippen molar-refractivity contribution >= 4 is 23.1 Å². The highest BCUT2D eigenvalue weighted by Gasteiger charge is 2.19. The summed E-state index contributed by atoms with van der Waals surface area (Å²) in [7, 11) is 1.69. The van der Waals surface area contributed by atoms with Crippen molar-refractivity contribution in [2.45, 2.75) is 27.2 Å². The number of nitrogens with zero attached hydrogens (tertiary/aromatic N) is 2. The Labute approximate surface area is 179 Å². The molecule has 0 saturated heterocycles. The van der Waals surface area contributed by atoms with Crippen LogP contribution in [0.2, 0.25) is 0 Å². The molecule has 0 aliphatic heterocycles. The van der Waals surface area contributed by atoms with E-state index in [9.17, 15) is 9.90 Å². The minimum Gasteiger partial charge on any atom is -0.496 e. The van der Waals surface area contributed by atoms with Crippen LogP contribution in [-0.2, 0) is 6.42 Å². The highest BCUT2D eigenvalue weighted by Crippen LogP contribution is 2.35. The van der Waals surface area contributed by atoms with Crippen LogP contribution < -0.4 is 14.8 Å². The van der Waals surface area contributed by atoms with Crippen molar-refractivity contribution in [2.75, 3.05) is 25.6 Å². The second kappa shape index (κ2) is 9.58. The molecule has 1 aromatic carbocycles. The number of ether oxygens (including phenoxy) is 2. The normalized spacial score (nSPS) is 10.7. The van der Waals surface area contributed by atoms with E-state index in [1.165, 1.54) is 11.1 Å². The highest BCUT2D eigenvalue weighted by atomic mass is 32.1. The summed E-state index contributed by atoms with van der Waals surface area (Å²) >= 11 is 1.10. The summed E-state index contributed by atoms with van der Waals surface area (Å²) in [5.41, 5.74) is 3.53. The van der Waals surface area contributed by atoms with Crippen molar-refractivity contribution < 1.29 is 19.4 Å². The number of aromatic carboxylic acids is 1. The van der Waals surface area contributed by atoms with Gasteiger partial charge in [0, 0.05) is 18.8 Å². The first-order chi connectivity index (χ1) is 14.4.